The van der Waals surface area contributed by atoms with Gasteiger partial charge in [0.2, 0.25) is 5.91 Å². The first-order valence-electron chi connectivity index (χ1n) is 7.70. The predicted octanol–water partition coefficient (Wildman–Crippen LogP) is 1.52. The van der Waals surface area contributed by atoms with E-state index in [1.54, 1.807) is 11.0 Å². The highest BCUT2D eigenvalue weighted by Gasteiger charge is 2.35. The molecule has 22 heavy (non-hydrogen) atoms. The number of non-ortho nitro benzene ring substituents is 1. The van der Waals surface area contributed by atoms with Crippen molar-refractivity contribution in [3.05, 3.63) is 33.9 Å². The number of fused-ring (bicyclic) bond motifs is 1. The van der Waals surface area contributed by atoms with Gasteiger partial charge in [-0.3, -0.25) is 20.3 Å². The van der Waals surface area contributed by atoms with Gasteiger partial charge in [-0.1, -0.05) is 19.4 Å². The minimum atomic E-state index is -0.423. The van der Waals surface area contributed by atoms with Gasteiger partial charge in [-0.15, -0.1) is 0 Å². The molecule has 2 atom stereocenters. The van der Waals surface area contributed by atoms with E-state index in [4.69, 9.17) is 0 Å². The summed E-state index contributed by atoms with van der Waals surface area (Å²) in [5.41, 5.74) is 7.92. The SMILES string of the molecule is CCCC1CC(C(=O)N2CCc3ccc([N+](=O)[O-])cc32)NN1. The fraction of sp³-hybridized carbons (Fsp3) is 0.533. The molecule has 3 rings (SSSR count). The van der Waals surface area contributed by atoms with Crippen LogP contribution in [0.15, 0.2) is 18.2 Å². The van der Waals surface area contributed by atoms with E-state index >= 15 is 0 Å². The van der Waals surface area contributed by atoms with Gasteiger partial charge in [0.1, 0.15) is 6.04 Å². The van der Waals surface area contributed by atoms with Gasteiger partial charge >= 0.3 is 0 Å². The van der Waals surface area contributed by atoms with Gasteiger partial charge in [0.15, 0.2) is 0 Å². The highest BCUT2D eigenvalue weighted by molar-refractivity contribution is 5.99. The smallest absolute Gasteiger partial charge is 0.271 e. The zero-order valence-corrected chi connectivity index (χ0v) is 12.5. The minimum absolute atomic E-state index is 0.00893. The quantitative estimate of drug-likeness (QED) is 0.650. The maximum atomic E-state index is 12.7. The van der Waals surface area contributed by atoms with E-state index in [-0.39, 0.29) is 17.6 Å². The van der Waals surface area contributed by atoms with Gasteiger partial charge in [-0.2, -0.15) is 0 Å². The van der Waals surface area contributed by atoms with Crippen molar-refractivity contribution in [3.8, 4) is 0 Å². The predicted molar refractivity (Wildman–Crippen MR) is 82.5 cm³/mol. The van der Waals surface area contributed by atoms with Crippen molar-refractivity contribution in [2.24, 2.45) is 0 Å². The fourth-order valence-corrected chi connectivity index (χ4v) is 3.22. The van der Waals surface area contributed by atoms with Crippen molar-refractivity contribution in [2.45, 2.75) is 44.7 Å². The lowest BCUT2D eigenvalue weighted by atomic mass is 10.1. The molecular formula is C15H20N4O3. The van der Waals surface area contributed by atoms with E-state index in [0.717, 1.165) is 31.2 Å². The summed E-state index contributed by atoms with van der Waals surface area (Å²) in [7, 11) is 0. The molecule has 0 aromatic heterocycles. The maximum absolute atomic E-state index is 12.7. The molecule has 1 aromatic rings. The van der Waals surface area contributed by atoms with E-state index < -0.39 is 4.92 Å². The molecular weight excluding hydrogens is 284 g/mol. The lowest BCUT2D eigenvalue weighted by Crippen LogP contribution is -2.45. The van der Waals surface area contributed by atoms with Crippen LogP contribution in [0.1, 0.15) is 31.7 Å². The summed E-state index contributed by atoms with van der Waals surface area (Å²) in [5.74, 6) is -0.00893. The molecule has 0 bridgehead atoms. The zero-order valence-electron chi connectivity index (χ0n) is 12.5. The van der Waals surface area contributed by atoms with Crippen molar-refractivity contribution in [1.82, 2.24) is 10.9 Å². The Hall–Kier alpha value is -1.99. The van der Waals surface area contributed by atoms with Gasteiger partial charge in [0.25, 0.3) is 5.69 Å². The standard InChI is InChI=1S/C15H20N4O3/c1-2-3-11-8-13(17-16-11)15(20)18-7-6-10-4-5-12(19(21)22)9-14(10)18/h4-5,9,11,13,16-17H,2-3,6-8H2,1H3. The number of carbonyl (C=O) groups is 1. The van der Waals surface area contributed by atoms with Crippen LogP contribution in [0.5, 0.6) is 0 Å². The molecule has 1 amide bonds. The summed E-state index contributed by atoms with van der Waals surface area (Å²) in [4.78, 5) is 24.9. The van der Waals surface area contributed by atoms with Crippen molar-refractivity contribution < 1.29 is 9.72 Å². The average Bonchev–Trinajstić information content (AvgIpc) is 3.12. The second-order valence-electron chi connectivity index (χ2n) is 5.87. The van der Waals surface area contributed by atoms with Gasteiger partial charge in [-0.05, 0) is 24.8 Å². The first-order chi connectivity index (χ1) is 10.6. The Balaban J connectivity index is 1.76. The molecule has 7 nitrogen and oxygen atoms in total. The van der Waals surface area contributed by atoms with Gasteiger partial charge < -0.3 is 4.90 Å². The molecule has 0 saturated carbocycles. The molecule has 1 saturated heterocycles. The lowest BCUT2D eigenvalue weighted by molar-refractivity contribution is -0.384. The number of hydrogen-bond acceptors (Lipinski definition) is 5. The lowest BCUT2D eigenvalue weighted by Gasteiger charge is -2.20. The van der Waals surface area contributed by atoms with Crippen LogP contribution in [0.3, 0.4) is 0 Å². The molecule has 2 N–H and O–H groups in total. The first-order valence-corrected chi connectivity index (χ1v) is 7.70. The van der Waals surface area contributed by atoms with E-state index in [0.29, 0.717) is 18.3 Å². The van der Waals surface area contributed by atoms with Gasteiger partial charge in [-0.25, -0.2) is 5.43 Å². The summed E-state index contributed by atoms with van der Waals surface area (Å²) in [6, 6.07) is 4.81. The highest BCUT2D eigenvalue weighted by atomic mass is 16.6. The van der Waals surface area contributed by atoms with Gasteiger partial charge in [0.05, 0.1) is 10.6 Å². The van der Waals surface area contributed by atoms with Crippen molar-refractivity contribution in [3.63, 3.8) is 0 Å². The molecule has 1 aromatic carbocycles. The number of benzene rings is 1. The molecule has 0 radical (unpaired) electrons. The number of nitro groups is 1. The Morgan fingerprint density at radius 1 is 1.45 bits per heavy atom. The third-order valence-corrected chi connectivity index (χ3v) is 4.36. The fourth-order valence-electron chi connectivity index (χ4n) is 3.22. The maximum Gasteiger partial charge on any atom is 0.271 e. The summed E-state index contributed by atoms with van der Waals surface area (Å²) in [6.45, 7) is 2.71. The number of amides is 1. The number of nitrogens with one attached hydrogen (secondary N) is 2. The number of anilines is 1. The van der Waals surface area contributed by atoms with E-state index in [9.17, 15) is 14.9 Å². The van der Waals surface area contributed by atoms with Crippen LogP contribution in [0.25, 0.3) is 0 Å². The molecule has 2 aliphatic heterocycles. The number of rotatable bonds is 4. The third-order valence-electron chi connectivity index (χ3n) is 4.36. The molecule has 2 aliphatic rings. The average molecular weight is 304 g/mol. The summed E-state index contributed by atoms with van der Waals surface area (Å²) in [5, 5.41) is 10.9. The third kappa shape index (κ3) is 2.69. The Morgan fingerprint density at radius 2 is 2.27 bits per heavy atom. The van der Waals surface area contributed by atoms with Crippen LogP contribution in [0, 0.1) is 10.1 Å². The van der Waals surface area contributed by atoms with Gasteiger partial charge in [0, 0.05) is 24.7 Å². The largest absolute Gasteiger partial charge is 0.310 e. The number of nitrogens with zero attached hydrogens (tertiary/aromatic N) is 2. The van der Waals surface area contributed by atoms with E-state index in [1.807, 2.05) is 0 Å². The molecule has 118 valence electrons. The molecule has 1 fully saturated rings. The Morgan fingerprint density at radius 3 is 3.00 bits per heavy atom. The normalized spacial score (nSPS) is 23.6. The Labute approximate surface area is 128 Å². The van der Waals surface area contributed by atoms with Crippen molar-refractivity contribution in [2.75, 3.05) is 11.4 Å². The minimum Gasteiger partial charge on any atom is -0.310 e. The summed E-state index contributed by atoms with van der Waals surface area (Å²) < 4.78 is 0. The van der Waals surface area contributed by atoms with Crippen LogP contribution >= 0.6 is 0 Å². The number of hydrogen-bond donors (Lipinski definition) is 2. The van der Waals surface area contributed by atoms with Crippen molar-refractivity contribution >= 4 is 17.3 Å². The van der Waals surface area contributed by atoms with Crippen molar-refractivity contribution in [1.29, 1.82) is 0 Å². The molecule has 2 unspecified atom stereocenters. The van der Waals surface area contributed by atoms with Crippen LogP contribution in [0.2, 0.25) is 0 Å². The second-order valence-corrected chi connectivity index (χ2v) is 5.87. The van der Waals surface area contributed by atoms with Crippen LogP contribution in [-0.4, -0.2) is 29.5 Å². The number of carbonyl (C=O) groups excluding carboxylic acids is 1. The number of hydrazine groups is 1. The second kappa shape index (κ2) is 6.02. The first kappa shape index (κ1) is 14.9. The zero-order chi connectivity index (χ0) is 15.7. The molecule has 7 heteroatoms. The van der Waals surface area contributed by atoms with E-state index in [2.05, 4.69) is 17.8 Å². The monoisotopic (exact) mass is 304 g/mol. The topological polar surface area (TPSA) is 87.5 Å². The van der Waals surface area contributed by atoms with Crippen LogP contribution < -0.4 is 15.8 Å². The van der Waals surface area contributed by atoms with E-state index in [1.165, 1.54) is 12.1 Å². The Kier molecular flexibility index (Phi) is 4.08. The van der Waals surface area contributed by atoms with Crippen LogP contribution in [-0.2, 0) is 11.2 Å². The molecule has 0 spiro atoms. The van der Waals surface area contributed by atoms with Crippen LogP contribution in [0.4, 0.5) is 11.4 Å². The summed E-state index contributed by atoms with van der Waals surface area (Å²) in [6.07, 6.45) is 3.60. The number of nitro benzene ring substituents is 1. The summed E-state index contributed by atoms with van der Waals surface area (Å²) >= 11 is 0. The highest BCUT2D eigenvalue weighted by Crippen LogP contribution is 2.32. The molecule has 0 aliphatic carbocycles. The Bertz CT molecular complexity index is 604. The molecule has 2 heterocycles.